The van der Waals surface area contributed by atoms with Crippen LogP contribution in [-0.4, -0.2) is 28.5 Å². The molecule has 0 fully saturated rings. The summed E-state index contributed by atoms with van der Waals surface area (Å²) in [6.07, 6.45) is 0.400. The van der Waals surface area contributed by atoms with Crippen LogP contribution in [0.3, 0.4) is 0 Å². The van der Waals surface area contributed by atoms with E-state index in [1.165, 1.54) is 11.3 Å². The van der Waals surface area contributed by atoms with E-state index in [4.69, 9.17) is 10.8 Å². The van der Waals surface area contributed by atoms with Gasteiger partial charge in [0, 0.05) is 12.1 Å². The van der Waals surface area contributed by atoms with Crippen molar-refractivity contribution in [3.63, 3.8) is 0 Å². The average molecular weight is 293 g/mol. The summed E-state index contributed by atoms with van der Waals surface area (Å²) in [4.78, 5) is 26.7. The summed E-state index contributed by atoms with van der Waals surface area (Å²) in [5, 5.41) is 11.9. The second-order valence-corrected chi connectivity index (χ2v) is 5.58. The van der Waals surface area contributed by atoms with Gasteiger partial charge in [0.05, 0.1) is 16.1 Å². The lowest BCUT2D eigenvalue weighted by Gasteiger charge is -2.07. The van der Waals surface area contributed by atoms with E-state index in [-0.39, 0.29) is 5.91 Å². The maximum atomic E-state index is 11.9. The predicted octanol–water partition coefficient (Wildman–Crippen LogP) is 1.72. The maximum absolute atomic E-state index is 11.9. The molecule has 6 nitrogen and oxygen atoms in total. The molecule has 0 aliphatic rings. The number of aliphatic carboxylic acids is 1. The number of nitrogens with one attached hydrogen (secondary N) is 1. The van der Waals surface area contributed by atoms with Gasteiger partial charge in [0.25, 0.3) is 5.91 Å². The highest BCUT2D eigenvalue weighted by Gasteiger charge is 2.12. The normalized spacial score (nSPS) is 12.2. The summed E-state index contributed by atoms with van der Waals surface area (Å²) < 4.78 is 0.856. The SMILES string of the molecule is CC(CCNC(=O)c1ccc2nc(N)sc2c1)C(=O)O. The van der Waals surface area contributed by atoms with Crippen molar-refractivity contribution in [2.45, 2.75) is 13.3 Å². The first kappa shape index (κ1) is 14.3. The molecule has 106 valence electrons. The van der Waals surface area contributed by atoms with Crippen molar-refractivity contribution in [1.82, 2.24) is 10.3 Å². The third kappa shape index (κ3) is 3.24. The Labute approximate surface area is 119 Å². The number of anilines is 1. The minimum atomic E-state index is -0.860. The average Bonchev–Trinajstić information content (AvgIpc) is 2.77. The van der Waals surface area contributed by atoms with Gasteiger partial charge in [-0.05, 0) is 24.6 Å². The molecule has 0 spiro atoms. The molecule has 7 heteroatoms. The van der Waals surface area contributed by atoms with Crippen LogP contribution in [0.25, 0.3) is 10.2 Å². The predicted molar refractivity (Wildman–Crippen MR) is 77.8 cm³/mol. The Balaban J connectivity index is 1.98. The third-order valence-electron chi connectivity index (χ3n) is 2.95. The monoisotopic (exact) mass is 293 g/mol. The van der Waals surface area contributed by atoms with Gasteiger partial charge in [-0.1, -0.05) is 18.3 Å². The van der Waals surface area contributed by atoms with Gasteiger partial charge in [0.1, 0.15) is 0 Å². The van der Waals surface area contributed by atoms with E-state index < -0.39 is 11.9 Å². The van der Waals surface area contributed by atoms with Crippen molar-refractivity contribution in [1.29, 1.82) is 0 Å². The highest BCUT2D eigenvalue weighted by molar-refractivity contribution is 7.22. The summed E-state index contributed by atoms with van der Waals surface area (Å²) >= 11 is 1.33. The molecule has 1 aromatic carbocycles. The Hall–Kier alpha value is -2.15. The van der Waals surface area contributed by atoms with E-state index in [0.717, 1.165) is 10.2 Å². The van der Waals surface area contributed by atoms with E-state index in [2.05, 4.69) is 10.3 Å². The number of carbonyl (C=O) groups is 2. The Morgan fingerprint density at radius 1 is 1.50 bits per heavy atom. The number of benzene rings is 1. The summed E-state index contributed by atoms with van der Waals surface area (Å²) in [5.41, 5.74) is 6.89. The number of rotatable bonds is 5. The summed E-state index contributed by atoms with van der Waals surface area (Å²) in [6.45, 7) is 1.94. The van der Waals surface area contributed by atoms with E-state index in [1.54, 1.807) is 25.1 Å². The number of hydrogen-bond donors (Lipinski definition) is 3. The highest BCUT2D eigenvalue weighted by atomic mass is 32.1. The fraction of sp³-hybridized carbons (Fsp3) is 0.308. The number of amides is 1. The number of carbonyl (C=O) groups excluding carboxylic acids is 1. The van der Waals surface area contributed by atoms with Gasteiger partial charge in [0.2, 0.25) is 0 Å². The summed E-state index contributed by atoms with van der Waals surface area (Å²) in [5.74, 6) is -1.56. The zero-order valence-corrected chi connectivity index (χ0v) is 11.7. The Morgan fingerprint density at radius 3 is 2.95 bits per heavy atom. The Morgan fingerprint density at radius 2 is 2.25 bits per heavy atom. The number of fused-ring (bicyclic) bond motifs is 1. The van der Waals surface area contributed by atoms with Gasteiger partial charge in [-0.3, -0.25) is 9.59 Å². The lowest BCUT2D eigenvalue weighted by Crippen LogP contribution is -2.26. The van der Waals surface area contributed by atoms with Crippen LogP contribution in [0.5, 0.6) is 0 Å². The van der Waals surface area contributed by atoms with Crippen LogP contribution >= 0.6 is 11.3 Å². The number of nitrogens with two attached hydrogens (primary N) is 1. The van der Waals surface area contributed by atoms with Gasteiger partial charge < -0.3 is 16.2 Å². The second-order valence-electron chi connectivity index (χ2n) is 4.52. The van der Waals surface area contributed by atoms with E-state index in [0.29, 0.717) is 23.7 Å². The molecule has 1 unspecified atom stereocenters. The molecule has 1 heterocycles. The molecule has 0 saturated carbocycles. The van der Waals surface area contributed by atoms with Gasteiger partial charge in [0.15, 0.2) is 5.13 Å². The van der Waals surface area contributed by atoms with Crippen molar-refractivity contribution in [2.24, 2.45) is 5.92 Å². The molecular weight excluding hydrogens is 278 g/mol. The third-order valence-corrected chi connectivity index (χ3v) is 3.80. The molecule has 2 aromatic rings. The largest absolute Gasteiger partial charge is 0.481 e. The van der Waals surface area contributed by atoms with Gasteiger partial charge in [-0.25, -0.2) is 4.98 Å². The molecule has 2 rings (SSSR count). The number of aromatic nitrogens is 1. The van der Waals surface area contributed by atoms with Crippen LogP contribution in [0.4, 0.5) is 5.13 Å². The molecule has 0 saturated heterocycles. The topological polar surface area (TPSA) is 105 Å². The molecule has 1 amide bonds. The number of carboxylic acid groups (broad SMARTS) is 1. The van der Waals surface area contributed by atoms with Crippen molar-refractivity contribution < 1.29 is 14.7 Å². The van der Waals surface area contributed by atoms with Gasteiger partial charge in [-0.2, -0.15) is 0 Å². The van der Waals surface area contributed by atoms with E-state index in [1.807, 2.05) is 0 Å². The highest BCUT2D eigenvalue weighted by Crippen LogP contribution is 2.24. The zero-order valence-electron chi connectivity index (χ0n) is 10.9. The van der Waals surface area contributed by atoms with Crippen LogP contribution in [0.2, 0.25) is 0 Å². The van der Waals surface area contributed by atoms with Gasteiger partial charge >= 0.3 is 5.97 Å². The maximum Gasteiger partial charge on any atom is 0.306 e. The van der Waals surface area contributed by atoms with Gasteiger partial charge in [-0.15, -0.1) is 0 Å². The van der Waals surface area contributed by atoms with Crippen molar-refractivity contribution in [3.8, 4) is 0 Å². The number of nitrogens with zero attached hydrogens (tertiary/aromatic N) is 1. The lowest BCUT2D eigenvalue weighted by molar-refractivity contribution is -0.141. The molecule has 1 atom stereocenters. The van der Waals surface area contributed by atoms with E-state index >= 15 is 0 Å². The van der Waals surface area contributed by atoms with Crippen LogP contribution in [-0.2, 0) is 4.79 Å². The van der Waals surface area contributed by atoms with Crippen LogP contribution < -0.4 is 11.1 Å². The molecule has 0 bridgehead atoms. The van der Waals surface area contributed by atoms with Crippen molar-refractivity contribution in [3.05, 3.63) is 23.8 Å². The fourth-order valence-electron chi connectivity index (χ4n) is 1.71. The quantitative estimate of drug-likeness (QED) is 0.778. The van der Waals surface area contributed by atoms with Crippen LogP contribution in [0.1, 0.15) is 23.7 Å². The Bertz CT molecular complexity index is 653. The fourth-order valence-corrected chi connectivity index (χ4v) is 2.48. The minimum absolute atomic E-state index is 0.225. The van der Waals surface area contributed by atoms with Crippen LogP contribution in [0, 0.1) is 5.92 Å². The zero-order chi connectivity index (χ0) is 14.7. The Kier molecular flexibility index (Phi) is 4.19. The van der Waals surface area contributed by atoms with Crippen LogP contribution in [0.15, 0.2) is 18.2 Å². The number of hydrogen-bond acceptors (Lipinski definition) is 5. The summed E-state index contributed by atoms with van der Waals surface area (Å²) in [6, 6.07) is 5.16. The molecule has 0 aliphatic carbocycles. The first-order valence-electron chi connectivity index (χ1n) is 6.14. The minimum Gasteiger partial charge on any atom is -0.481 e. The van der Waals surface area contributed by atoms with E-state index in [9.17, 15) is 9.59 Å². The number of nitrogen functional groups attached to an aromatic ring is 1. The smallest absolute Gasteiger partial charge is 0.306 e. The summed E-state index contributed by atoms with van der Waals surface area (Å²) in [7, 11) is 0. The first-order valence-corrected chi connectivity index (χ1v) is 6.96. The molecule has 0 radical (unpaired) electrons. The van der Waals surface area contributed by atoms with Crippen molar-refractivity contribution in [2.75, 3.05) is 12.3 Å². The lowest BCUT2D eigenvalue weighted by atomic mass is 10.1. The molecule has 4 N–H and O–H groups in total. The molecule has 20 heavy (non-hydrogen) atoms. The molecule has 1 aromatic heterocycles. The standard InChI is InChI=1S/C13H15N3O3S/c1-7(12(18)19)4-5-15-11(17)8-2-3-9-10(6-8)20-13(14)16-9/h2-3,6-7H,4-5H2,1H3,(H2,14,16)(H,15,17)(H,18,19). The molecular formula is C13H15N3O3S. The van der Waals surface area contributed by atoms with Crippen molar-refractivity contribution >= 4 is 38.6 Å². The molecule has 0 aliphatic heterocycles. The number of carboxylic acids is 1. The second kappa shape index (κ2) is 5.87. The number of thiazole rings is 1. The first-order chi connectivity index (χ1) is 9.47.